The quantitative estimate of drug-likeness (QED) is 0.165. The van der Waals surface area contributed by atoms with E-state index in [4.69, 9.17) is 4.98 Å². The first-order valence-corrected chi connectivity index (χ1v) is 20.2. The third-order valence-electron chi connectivity index (χ3n) is 12.4. The zero-order valence-electron chi connectivity index (χ0n) is 31.9. The largest absolute Gasteiger partial charge is 0.309 e. The molecule has 0 aliphatic carbocycles. The summed E-state index contributed by atoms with van der Waals surface area (Å²) in [5.74, 6) is 0. The van der Waals surface area contributed by atoms with Crippen LogP contribution in [0, 0.1) is 0 Å². The molecule has 0 atom stereocenters. The number of para-hydroxylation sites is 6. The van der Waals surface area contributed by atoms with E-state index in [1.165, 1.54) is 70.8 Å². The van der Waals surface area contributed by atoms with Crippen LogP contribution in [0.3, 0.4) is 0 Å². The van der Waals surface area contributed by atoms with E-state index in [1.807, 2.05) is 0 Å². The molecule has 4 heteroatoms. The predicted molar refractivity (Wildman–Crippen MR) is 248 cm³/mol. The summed E-state index contributed by atoms with van der Waals surface area (Å²) in [6.45, 7) is 0. The van der Waals surface area contributed by atoms with Gasteiger partial charge in [-0.2, -0.15) is 0 Å². The minimum atomic E-state index is 0.977. The molecular weight excluding hydrogens is 717 g/mol. The van der Waals surface area contributed by atoms with Crippen molar-refractivity contribution in [1.29, 1.82) is 0 Å². The van der Waals surface area contributed by atoms with Crippen molar-refractivity contribution >= 4 is 87.1 Å². The summed E-state index contributed by atoms with van der Waals surface area (Å²) in [7, 11) is 0. The van der Waals surface area contributed by atoms with Crippen LogP contribution in [0.4, 0.5) is 0 Å². The van der Waals surface area contributed by atoms with Gasteiger partial charge in [0.2, 0.25) is 0 Å². The molecular formula is C55H34N4. The molecule has 0 aliphatic rings. The Hall–Kier alpha value is -7.95. The van der Waals surface area contributed by atoms with Crippen molar-refractivity contribution in [2.75, 3.05) is 0 Å². The average molecular weight is 751 g/mol. The van der Waals surface area contributed by atoms with Gasteiger partial charge in [0, 0.05) is 65.7 Å². The molecule has 0 N–H and O–H groups in total. The number of pyridine rings is 1. The second kappa shape index (κ2) is 12.3. The highest BCUT2D eigenvalue weighted by atomic mass is 15.0. The highest BCUT2D eigenvalue weighted by Crippen LogP contribution is 2.44. The maximum atomic E-state index is 5.51. The van der Waals surface area contributed by atoms with E-state index < -0.39 is 0 Å². The molecule has 0 spiro atoms. The predicted octanol–water partition coefficient (Wildman–Crippen LogP) is 14.3. The lowest BCUT2D eigenvalue weighted by Gasteiger charge is -2.15. The van der Waals surface area contributed by atoms with Gasteiger partial charge in [-0.25, -0.2) is 4.98 Å². The maximum absolute atomic E-state index is 5.51. The van der Waals surface area contributed by atoms with Gasteiger partial charge in [-0.05, 0) is 66.0 Å². The van der Waals surface area contributed by atoms with Gasteiger partial charge < -0.3 is 13.7 Å². The van der Waals surface area contributed by atoms with Gasteiger partial charge >= 0.3 is 0 Å². The monoisotopic (exact) mass is 750 g/mol. The Morgan fingerprint density at radius 3 is 1.19 bits per heavy atom. The molecule has 0 fully saturated rings. The molecule has 274 valence electrons. The standard InChI is InChI=1S/C55H34N4/c1-3-15-36(16-4-1)57-48-24-12-8-20-40(48)44-32-31-43-39-19-7-11-23-47(39)56-52(51(43)53(44)57)35-27-29-38(30-28-35)59-50-26-14-10-22-42(50)46-34-33-45-41-21-9-13-25-49(41)58(54(45)55(46)59)37-17-5-2-6-18-37/h1-34H. The fourth-order valence-electron chi connectivity index (χ4n) is 9.93. The summed E-state index contributed by atoms with van der Waals surface area (Å²) in [6, 6.07) is 74.7. The lowest BCUT2D eigenvalue weighted by molar-refractivity contribution is 1.15. The first-order chi connectivity index (χ1) is 29.3. The second-order valence-electron chi connectivity index (χ2n) is 15.5. The molecule has 0 aliphatic heterocycles. The number of rotatable bonds is 4. The van der Waals surface area contributed by atoms with E-state index in [-0.39, 0.29) is 0 Å². The summed E-state index contributed by atoms with van der Waals surface area (Å²) in [6.07, 6.45) is 0. The number of fused-ring (bicyclic) bond motifs is 14. The van der Waals surface area contributed by atoms with Crippen molar-refractivity contribution in [3.05, 3.63) is 206 Å². The topological polar surface area (TPSA) is 27.7 Å². The van der Waals surface area contributed by atoms with Gasteiger partial charge in [-0.15, -0.1) is 0 Å². The van der Waals surface area contributed by atoms with Gasteiger partial charge in [0.05, 0.1) is 44.3 Å². The zero-order chi connectivity index (χ0) is 38.6. The minimum Gasteiger partial charge on any atom is -0.309 e. The second-order valence-corrected chi connectivity index (χ2v) is 15.5. The summed E-state index contributed by atoms with van der Waals surface area (Å²) >= 11 is 0. The normalized spacial score (nSPS) is 12.1. The van der Waals surface area contributed by atoms with E-state index in [2.05, 4.69) is 220 Å². The molecule has 13 aromatic rings. The fourth-order valence-corrected chi connectivity index (χ4v) is 9.93. The fraction of sp³-hybridized carbons (Fsp3) is 0. The number of benzene rings is 9. The Labute approximate surface area is 339 Å². The summed E-state index contributed by atoms with van der Waals surface area (Å²) < 4.78 is 7.34. The third-order valence-corrected chi connectivity index (χ3v) is 12.4. The Balaban J connectivity index is 1.11. The van der Waals surface area contributed by atoms with Crippen LogP contribution in [0.2, 0.25) is 0 Å². The van der Waals surface area contributed by atoms with E-state index in [1.54, 1.807) is 0 Å². The smallest absolute Gasteiger partial charge is 0.0809 e. The van der Waals surface area contributed by atoms with Crippen LogP contribution >= 0.6 is 0 Å². The molecule has 9 aromatic carbocycles. The van der Waals surface area contributed by atoms with Crippen LogP contribution in [0.1, 0.15) is 0 Å². The van der Waals surface area contributed by atoms with Crippen LogP contribution in [-0.4, -0.2) is 18.7 Å². The molecule has 0 saturated carbocycles. The van der Waals surface area contributed by atoms with E-state index in [0.717, 1.165) is 44.6 Å². The molecule has 4 nitrogen and oxygen atoms in total. The SMILES string of the molecule is c1ccc(-n2c3ccccc3c3ccc4c5ccccc5nc(-c5ccc(-n6c7ccccc7c7ccc8c9ccccc9n(-c9ccccc9)c8c76)cc5)c4c32)cc1. The average Bonchev–Trinajstić information content (AvgIpc) is 3.95. The molecule has 0 bridgehead atoms. The lowest BCUT2D eigenvalue weighted by Crippen LogP contribution is -1.99. The van der Waals surface area contributed by atoms with Gasteiger partial charge in [0.25, 0.3) is 0 Å². The van der Waals surface area contributed by atoms with Crippen LogP contribution in [0.25, 0.3) is 115 Å². The van der Waals surface area contributed by atoms with Crippen molar-refractivity contribution in [2.45, 2.75) is 0 Å². The maximum Gasteiger partial charge on any atom is 0.0809 e. The lowest BCUT2D eigenvalue weighted by atomic mass is 9.97. The minimum absolute atomic E-state index is 0.977. The number of aromatic nitrogens is 4. The highest BCUT2D eigenvalue weighted by molar-refractivity contribution is 6.26. The first-order valence-electron chi connectivity index (χ1n) is 20.2. The molecule has 59 heavy (non-hydrogen) atoms. The highest BCUT2D eigenvalue weighted by Gasteiger charge is 2.23. The molecule has 0 unspecified atom stereocenters. The van der Waals surface area contributed by atoms with Crippen LogP contribution < -0.4 is 0 Å². The van der Waals surface area contributed by atoms with Gasteiger partial charge in [-0.3, -0.25) is 0 Å². The van der Waals surface area contributed by atoms with Crippen molar-refractivity contribution in [2.24, 2.45) is 0 Å². The zero-order valence-corrected chi connectivity index (χ0v) is 31.9. The summed E-state index contributed by atoms with van der Waals surface area (Å²) in [4.78, 5) is 5.51. The molecule has 0 radical (unpaired) electrons. The summed E-state index contributed by atoms with van der Waals surface area (Å²) in [5.41, 5.74) is 13.5. The van der Waals surface area contributed by atoms with Gasteiger partial charge in [0.1, 0.15) is 0 Å². The molecule has 0 saturated heterocycles. The Kier molecular flexibility index (Phi) is 6.69. The van der Waals surface area contributed by atoms with E-state index in [9.17, 15) is 0 Å². The first kappa shape index (κ1) is 32.2. The van der Waals surface area contributed by atoms with Crippen molar-refractivity contribution in [3.63, 3.8) is 0 Å². The Morgan fingerprint density at radius 2 is 0.661 bits per heavy atom. The number of nitrogens with zero attached hydrogens (tertiary/aromatic N) is 4. The molecule has 4 heterocycles. The van der Waals surface area contributed by atoms with E-state index in [0.29, 0.717) is 0 Å². The van der Waals surface area contributed by atoms with Crippen molar-refractivity contribution in [3.8, 4) is 28.3 Å². The van der Waals surface area contributed by atoms with Gasteiger partial charge in [0.15, 0.2) is 0 Å². The Morgan fingerprint density at radius 1 is 0.271 bits per heavy atom. The summed E-state index contributed by atoms with van der Waals surface area (Å²) in [5, 5.41) is 10.9. The number of hydrogen-bond acceptors (Lipinski definition) is 1. The number of hydrogen-bond donors (Lipinski definition) is 0. The van der Waals surface area contributed by atoms with Crippen LogP contribution in [-0.2, 0) is 0 Å². The molecule has 13 rings (SSSR count). The third kappa shape index (κ3) is 4.51. The van der Waals surface area contributed by atoms with E-state index >= 15 is 0 Å². The van der Waals surface area contributed by atoms with Crippen molar-refractivity contribution in [1.82, 2.24) is 18.7 Å². The molecule has 0 amide bonds. The van der Waals surface area contributed by atoms with Crippen LogP contribution in [0.5, 0.6) is 0 Å². The molecule has 4 aromatic heterocycles. The Bertz CT molecular complexity index is 3810. The van der Waals surface area contributed by atoms with Gasteiger partial charge in [-0.1, -0.05) is 146 Å². The van der Waals surface area contributed by atoms with Crippen molar-refractivity contribution < 1.29 is 0 Å². The van der Waals surface area contributed by atoms with Crippen LogP contribution in [0.15, 0.2) is 206 Å².